The van der Waals surface area contributed by atoms with Crippen LogP contribution in [0.1, 0.15) is 46.7 Å². The fourth-order valence-corrected chi connectivity index (χ4v) is 4.43. The molecule has 1 aromatic heterocycles. The van der Waals surface area contributed by atoms with Gasteiger partial charge in [0.2, 0.25) is 0 Å². The lowest BCUT2D eigenvalue weighted by Gasteiger charge is -2.14. The molecule has 5 rings (SSSR count). The van der Waals surface area contributed by atoms with Crippen LogP contribution in [-0.4, -0.2) is 10.8 Å². The summed E-state index contributed by atoms with van der Waals surface area (Å²) in [5, 5.41) is 16.2. The van der Waals surface area contributed by atoms with Gasteiger partial charge in [-0.1, -0.05) is 12.1 Å². The molecule has 1 atom stereocenters. The van der Waals surface area contributed by atoms with Crippen LogP contribution < -0.4 is 11.1 Å². The molecule has 0 bridgehead atoms. The van der Waals surface area contributed by atoms with Gasteiger partial charge in [-0.05, 0) is 61.1 Å². The molecule has 2 aliphatic rings. The van der Waals surface area contributed by atoms with Gasteiger partial charge in [0.05, 0.1) is 17.1 Å². The zero-order valence-electron chi connectivity index (χ0n) is 15.4. The molecular weight excluding hydrogens is 359 g/mol. The van der Waals surface area contributed by atoms with Gasteiger partial charge in [-0.15, -0.1) is 0 Å². The smallest absolute Gasteiger partial charge is 0.339 e. The zero-order valence-corrected chi connectivity index (χ0v) is 15.4. The number of benzene rings is 2. The molecule has 2 N–H and O–H groups in total. The van der Waals surface area contributed by atoms with E-state index in [1.54, 1.807) is 12.1 Å². The number of nitrogens with one attached hydrogen (secondary N) is 1. The van der Waals surface area contributed by atoms with Gasteiger partial charge in [0, 0.05) is 17.5 Å². The van der Waals surface area contributed by atoms with Crippen molar-refractivity contribution in [3.05, 3.63) is 74.4 Å². The first-order valence-electron chi connectivity index (χ1n) is 9.42. The molecule has 0 saturated heterocycles. The zero-order chi connectivity index (χ0) is 19.4. The van der Waals surface area contributed by atoms with E-state index in [1.807, 2.05) is 13.0 Å². The Morgan fingerprint density at radius 2 is 2.07 bits per heavy atom. The highest BCUT2D eigenvalue weighted by Gasteiger charge is 2.28. The predicted octanol–water partition coefficient (Wildman–Crippen LogP) is 3.87. The third kappa shape index (κ3) is 2.52. The SMILES string of the molecule is Cc1cc2oc(=O)c3c(c2c(O)c1C1=NN[C@H](c2cccc(F)c2)C1)CCC3. The number of fused-ring (bicyclic) bond motifs is 3. The average Bonchev–Trinajstić information content (AvgIpc) is 3.31. The maximum absolute atomic E-state index is 13.6. The molecule has 0 unspecified atom stereocenters. The number of nitrogens with zero attached hydrogens (tertiary/aromatic N) is 1. The number of hydrogen-bond donors (Lipinski definition) is 2. The molecule has 3 aromatic rings. The van der Waals surface area contributed by atoms with Gasteiger partial charge in [0.25, 0.3) is 0 Å². The standard InChI is InChI=1S/C22H19FN2O3/c1-11-8-18-20(14-6-3-7-15(14)22(27)28-18)21(26)19(11)17-10-16(24-25-17)12-4-2-5-13(23)9-12/h2,4-5,8-9,16,24,26H,3,6-7,10H2,1H3/t16-/m0/s1. The first-order valence-corrected chi connectivity index (χ1v) is 9.42. The van der Waals surface area contributed by atoms with Crippen LogP contribution >= 0.6 is 0 Å². The maximum atomic E-state index is 13.6. The van der Waals surface area contributed by atoms with Crippen LogP contribution in [0.3, 0.4) is 0 Å². The van der Waals surface area contributed by atoms with Crippen LogP contribution in [0.2, 0.25) is 0 Å². The van der Waals surface area contributed by atoms with Crippen molar-refractivity contribution in [3.63, 3.8) is 0 Å². The van der Waals surface area contributed by atoms with Gasteiger partial charge in [0.15, 0.2) is 0 Å². The molecule has 0 spiro atoms. The lowest BCUT2D eigenvalue weighted by molar-refractivity contribution is 0.476. The van der Waals surface area contributed by atoms with Crippen LogP contribution in [0.25, 0.3) is 11.0 Å². The van der Waals surface area contributed by atoms with E-state index in [9.17, 15) is 14.3 Å². The summed E-state index contributed by atoms with van der Waals surface area (Å²) in [4.78, 5) is 12.2. The molecule has 1 aliphatic carbocycles. The molecule has 0 amide bonds. The van der Waals surface area contributed by atoms with Crippen molar-refractivity contribution in [2.45, 2.75) is 38.6 Å². The maximum Gasteiger partial charge on any atom is 0.339 e. The van der Waals surface area contributed by atoms with Gasteiger partial charge in [-0.25, -0.2) is 9.18 Å². The van der Waals surface area contributed by atoms with E-state index in [1.165, 1.54) is 12.1 Å². The van der Waals surface area contributed by atoms with Crippen molar-refractivity contribution in [1.82, 2.24) is 5.43 Å². The number of rotatable bonds is 2. The van der Waals surface area contributed by atoms with Gasteiger partial charge >= 0.3 is 5.63 Å². The van der Waals surface area contributed by atoms with E-state index in [2.05, 4.69) is 10.5 Å². The summed E-state index contributed by atoms with van der Waals surface area (Å²) >= 11 is 0. The fraction of sp³-hybridized carbons (Fsp3) is 0.273. The third-order valence-electron chi connectivity index (χ3n) is 5.72. The minimum absolute atomic E-state index is 0.109. The largest absolute Gasteiger partial charge is 0.506 e. The van der Waals surface area contributed by atoms with Crippen LogP contribution in [0.15, 0.2) is 44.6 Å². The Kier molecular flexibility index (Phi) is 3.75. The van der Waals surface area contributed by atoms with E-state index in [0.717, 1.165) is 29.5 Å². The van der Waals surface area contributed by atoms with Crippen molar-refractivity contribution in [3.8, 4) is 5.75 Å². The molecule has 0 saturated carbocycles. The van der Waals surface area contributed by atoms with Crippen molar-refractivity contribution in [2.24, 2.45) is 5.10 Å². The highest BCUT2D eigenvalue weighted by Crippen LogP contribution is 2.39. The van der Waals surface area contributed by atoms with Gasteiger partial charge < -0.3 is 14.9 Å². The van der Waals surface area contributed by atoms with Crippen molar-refractivity contribution in [1.29, 1.82) is 0 Å². The van der Waals surface area contributed by atoms with Gasteiger partial charge in [0.1, 0.15) is 17.1 Å². The van der Waals surface area contributed by atoms with Crippen molar-refractivity contribution >= 4 is 16.7 Å². The third-order valence-corrected chi connectivity index (χ3v) is 5.72. The molecule has 28 heavy (non-hydrogen) atoms. The Balaban J connectivity index is 1.60. The molecule has 0 fully saturated rings. The van der Waals surface area contributed by atoms with Crippen LogP contribution in [-0.2, 0) is 12.8 Å². The van der Waals surface area contributed by atoms with Crippen molar-refractivity contribution in [2.75, 3.05) is 0 Å². The summed E-state index contributed by atoms with van der Waals surface area (Å²) in [6, 6.07) is 8.07. The number of aryl methyl sites for hydroxylation is 2. The molecule has 142 valence electrons. The van der Waals surface area contributed by atoms with Crippen LogP contribution in [0, 0.1) is 12.7 Å². The molecule has 2 aromatic carbocycles. The number of aromatic hydroxyl groups is 1. The Labute approximate surface area is 160 Å². The number of phenolic OH excluding ortho intramolecular Hbond substituents is 1. The number of hydrogen-bond acceptors (Lipinski definition) is 5. The fourth-order valence-electron chi connectivity index (χ4n) is 4.43. The van der Waals surface area contributed by atoms with Crippen LogP contribution in [0.4, 0.5) is 4.39 Å². The Hall–Kier alpha value is -3.15. The lowest BCUT2D eigenvalue weighted by atomic mass is 9.93. The summed E-state index contributed by atoms with van der Waals surface area (Å²) < 4.78 is 19.0. The molecular formula is C22H19FN2O3. The highest BCUT2D eigenvalue weighted by atomic mass is 19.1. The number of hydrazone groups is 1. The predicted molar refractivity (Wildman–Crippen MR) is 104 cm³/mol. The van der Waals surface area contributed by atoms with E-state index >= 15 is 0 Å². The van der Waals surface area contributed by atoms with Gasteiger partial charge in [-0.2, -0.15) is 5.10 Å². The summed E-state index contributed by atoms with van der Waals surface area (Å²) in [7, 11) is 0. The number of halogens is 1. The Morgan fingerprint density at radius 1 is 1.25 bits per heavy atom. The molecule has 1 aliphatic heterocycles. The summed E-state index contributed by atoms with van der Waals surface area (Å²) in [5.41, 5.74) is 7.67. The van der Waals surface area contributed by atoms with Gasteiger partial charge in [-0.3, -0.25) is 0 Å². The molecule has 0 radical (unpaired) electrons. The normalized spacial score (nSPS) is 18.2. The quantitative estimate of drug-likeness (QED) is 0.664. The summed E-state index contributed by atoms with van der Waals surface area (Å²) in [5.74, 6) is -0.180. The Bertz CT molecular complexity index is 1210. The molecule has 6 heteroatoms. The monoisotopic (exact) mass is 378 g/mol. The van der Waals surface area contributed by atoms with E-state index < -0.39 is 0 Å². The second-order valence-electron chi connectivity index (χ2n) is 7.49. The first kappa shape index (κ1) is 17.0. The topological polar surface area (TPSA) is 74.8 Å². The molecule has 5 nitrogen and oxygen atoms in total. The lowest BCUT2D eigenvalue weighted by Crippen LogP contribution is -2.11. The Morgan fingerprint density at radius 3 is 2.89 bits per heavy atom. The molecule has 2 heterocycles. The van der Waals surface area contributed by atoms with E-state index in [4.69, 9.17) is 4.42 Å². The number of phenols is 1. The first-order chi connectivity index (χ1) is 13.5. The second kappa shape index (κ2) is 6.19. The van der Waals surface area contributed by atoms with E-state index in [-0.39, 0.29) is 23.2 Å². The minimum atomic E-state index is -0.308. The second-order valence-corrected chi connectivity index (χ2v) is 7.49. The van der Waals surface area contributed by atoms with Crippen molar-refractivity contribution < 1.29 is 13.9 Å². The average molecular weight is 378 g/mol. The van der Waals surface area contributed by atoms with Crippen LogP contribution in [0.5, 0.6) is 5.75 Å². The summed E-state index contributed by atoms with van der Waals surface area (Å²) in [6.07, 6.45) is 2.85. The highest BCUT2D eigenvalue weighted by molar-refractivity contribution is 6.09. The van der Waals surface area contributed by atoms with E-state index in [0.29, 0.717) is 40.6 Å². The summed E-state index contributed by atoms with van der Waals surface area (Å²) in [6.45, 7) is 1.86. The minimum Gasteiger partial charge on any atom is -0.506 e.